The van der Waals surface area contributed by atoms with Crippen LogP contribution in [0.1, 0.15) is 39.0 Å². The topological polar surface area (TPSA) is 66.4 Å². The third-order valence-corrected chi connectivity index (χ3v) is 4.49. The van der Waals surface area contributed by atoms with Crippen molar-refractivity contribution in [2.75, 3.05) is 6.54 Å². The second-order valence-electron chi connectivity index (χ2n) is 4.00. The van der Waals surface area contributed by atoms with E-state index in [4.69, 9.17) is 5.11 Å². The monoisotopic (exact) mass is 221 g/mol. The minimum Gasteiger partial charge on any atom is -0.392 e. The summed E-state index contributed by atoms with van der Waals surface area (Å²) in [5.41, 5.74) is 0. The van der Waals surface area contributed by atoms with Gasteiger partial charge in [0.25, 0.3) is 0 Å². The van der Waals surface area contributed by atoms with Crippen molar-refractivity contribution in [3.8, 4) is 0 Å². The lowest BCUT2D eigenvalue weighted by molar-refractivity contribution is 0.198. The van der Waals surface area contributed by atoms with Gasteiger partial charge in [-0.3, -0.25) is 0 Å². The highest BCUT2D eigenvalue weighted by molar-refractivity contribution is 7.90. The van der Waals surface area contributed by atoms with E-state index in [0.717, 1.165) is 32.1 Å². The molecule has 14 heavy (non-hydrogen) atoms. The van der Waals surface area contributed by atoms with E-state index >= 15 is 0 Å². The Labute approximate surface area is 85.8 Å². The van der Waals surface area contributed by atoms with E-state index in [2.05, 4.69) is 4.72 Å². The van der Waals surface area contributed by atoms with Crippen LogP contribution in [0.25, 0.3) is 0 Å². The number of nitrogens with one attached hydrogen (secondary N) is 1. The van der Waals surface area contributed by atoms with Crippen LogP contribution >= 0.6 is 0 Å². The number of hydrogen-bond acceptors (Lipinski definition) is 3. The van der Waals surface area contributed by atoms with E-state index in [1.165, 1.54) is 0 Å². The van der Waals surface area contributed by atoms with Gasteiger partial charge in [-0.05, 0) is 19.8 Å². The first-order chi connectivity index (χ1) is 6.52. The van der Waals surface area contributed by atoms with Gasteiger partial charge in [0, 0.05) is 6.54 Å². The van der Waals surface area contributed by atoms with Gasteiger partial charge < -0.3 is 5.11 Å². The molecule has 1 aliphatic carbocycles. The van der Waals surface area contributed by atoms with E-state index < -0.39 is 16.1 Å². The Hall–Kier alpha value is -0.130. The van der Waals surface area contributed by atoms with Crippen LogP contribution in [0.5, 0.6) is 0 Å². The predicted octanol–water partition coefficient (Wildman–Crippen LogP) is 0.619. The molecule has 0 aromatic carbocycles. The molecule has 0 radical (unpaired) electrons. The Bertz CT molecular complexity index is 255. The summed E-state index contributed by atoms with van der Waals surface area (Å²) in [5.74, 6) is 0. The second-order valence-corrected chi connectivity index (χ2v) is 6.05. The molecule has 0 spiro atoms. The molecule has 0 aromatic heterocycles. The fourth-order valence-corrected chi connectivity index (χ4v) is 3.39. The quantitative estimate of drug-likeness (QED) is 0.731. The highest BCUT2D eigenvalue weighted by Gasteiger charge is 2.26. The number of aliphatic hydroxyl groups excluding tert-OH is 1. The Morgan fingerprint density at radius 2 is 1.93 bits per heavy atom. The number of aliphatic hydroxyl groups is 1. The lowest BCUT2D eigenvalue weighted by atomic mass is 10.0. The molecule has 4 nitrogen and oxygen atoms in total. The van der Waals surface area contributed by atoms with Gasteiger partial charge in [-0.15, -0.1) is 0 Å². The van der Waals surface area contributed by atoms with Gasteiger partial charge in [0.15, 0.2) is 0 Å². The molecular weight excluding hydrogens is 202 g/mol. The molecule has 2 N–H and O–H groups in total. The summed E-state index contributed by atoms with van der Waals surface area (Å²) >= 11 is 0. The molecule has 0 amide bonds. The Morgan fingerprint density at radius 1 is 1.36 bits per heavy atom. The van der Waals surface area contributed by atoms with Crippen molar-refractivity contribution in [1.29, 1.82) is 0 Å². The predicted molar refractivity (Wildman–Crippen MR) is 55.5 cm³/mol. The Balaban J connectivity index is 2.46. The van der Waals surface area contributed by atoms with E-state index in [-0.39, 0.29) is 11.8 Å². The van der Waals surface area contributed by atoms with E-state index in [0.29, 0.717) is 0 Å². The molecule has 5 heteroatoms. The number of hydrogen-bond donors (Lipinski definition) is 2. The minimum absolute atomic E-state index is 0.124. The number of rotatable bonds is 4. The fourth-order valence-electron chi connectivity index (χ4n) is 1.73. The molecule has 0 saturated heterocycles. The molecule has 1 atom stereocenters. The van der Waals surface area contributed by atoms with Gasteiger partial charge in [-0.2, -0.15) is 0 Å². The van der Waals surface area contributed by atoms with Crippen molar-refractivity contribution in [3.63, 3.8) is 0 Å². The number of sulfonamides is 1. The molecule has 0 unspecified atom stereocenters. The summed E-state index contributed by atoms with van der Waals surface area (Å²) in [6.45, 7) is 1.70. The zero-order valence-corrected chi connectivity index (χ0v) is 9.39. The van der Waals surface area contributed by atoms with Crippen LogP contribution in [0.3, 0.4) is 0 Å². The summed E-state index contributed by atoms with van der Waals surface area (Å²) in [5, 5.41) is 8.75. The summed E-state index contributed by atoms with van der Waals surface area (Å²) in [7, 11) is -3.19. The van der Waals surface area contributed by atoms with Crippen LogP contribution < -0.4 is 4.72 Å². The van der Waals surface area contributed by atoms with E-state index in [1.54, 1.807) is 6.92 Å². The van der Waals surface area contributed by atoms with Gasteiger partial charge >= 0.3 is 0 Å². The van der Waals surface area contributed by atoms with Crippen LogP contribution in [-0.2, 0) is 10.0 Å². The average Bonchev–Trinajstić information content (AvgIpc) is 2.16. The summed E-state index contributed by atoms with van der Waals surface area (Å²) in [6, 6.07) is 0. The van der Waals surface area contributed by atoms with Crippen molar-refractivity contribution < 1.29 is 13.5 Å². The molecule has 1 aliphatic rings. The smallest absolute Gasteiger partial charge is 0.214 e. The normalized spacial score (nSPS) is 22.1. The molecule has 0 aliphatic heterocycles. The standard InChI is InChI=1S/C9H19NO3S/c1-8(11)7-10-14(12,13)9-5-3-2-4-6-9/h8-11H,2-7H2,1H3/t8-/m0/s1. The fraction of sp³-hybridized carbons (Fsp3) is 1.00. The Kier molecular flexibility index (Phi) is 4.34. The van der Waals surface area contributed by atoms with Gasteiger partial charge in [-0.25, -0.2) is 13.1 Å². The van der Waals surface area contributed by atoms with Gasteiger partial charge in [0.1, 0.15) is 0 Å². The first-order valence-corrected chi connectivity index (χ1v) is 6.73. The molecule has 1 saturated carbocycles. The highest BCUT2D eigenvalue weighted by atomic mass is 32.2. The van der Waals surface area contributed by atoms with Gasteiger partial charge in [0.05, 0.1) is 11.4 Å². The third-order valence-electron chi connectivity index (χ3n) is 2.57. The third kappa shape index (κ3) is 3.55. The van der Waals surface area contributed by atoms with Gasteiger partial charge in [0.2, 0.25) is 10.0 Å². The van der Waals surface area contributed by atoms with Crippen LogP contribution in [-0.4, -0.2) is 31.4 Å². The molecule has 1 rings (SSSR count). The molecule has 0 aromatic rings. The molecule has 84 valence electrons. The minimum atomic E-state index is -3.19. The van der Waals surface area contributed by atoms with Crippen LogP contribution in [0.15, 0.2) is 0 Å². The maximum absolute atomic E-state index is 11.7. The van der Waals surface area contributed by atoms with Crippen molar-refractivity contribution in [3.05, 3.63) is 0 Å². The molecule has 1 fully saturated rings. The van der Waals surface area contributed by atoms with E-state index in [9.17, 15) is 8.42 Å². The summed E-state index contributed by atoms with van der Waals surface area (Å²) in [6.07, 6.45) is 4.04. The molecule has 0 heterocycles. The van der Waals surface area contributed by atoms with Crippen molar-refractivity contribution in [2.45, 2.75) is 50.4 Å². The average molecular weight is 221 g/mol. The van der Waals surface area contributed by atoms with Crippen molar-refractivity contribution >= 4 is 10.0 Å². The van der Waals surface area contributed by atoms with Crippen molar-refractivity contribution in [1.82, 2.24) is 4.72 Å². The summed E-state index contributed by atoms with van der Waals surface area (Å²) in [4.78, 5) is 0. The zero-order valence-electron chi connectivity index (χ0n) is 8.57. The SMILES string of the molecule is C[C@H](O)CNS(=O)(=O)C1CCCCC1. The highest BCUT2D eigenvalue weighted by Crippen LogP contribution is 2.22. The van der Waals surface area contributed by atoms with Gasteiger partial charge in [-0.1, -0.05) is 19.3 Å². The first kappa shape index (κ1) is 11.9. The van der Waals surface area contributed by atoms with Crippen molar-refractivity contribution in [2.24, 2.45) is 0 Å². The first-order valence-electron chi connectivity index (χ1n) is 5.19. The summed E-state index contributed by atoms with van der Waals surface area (Å²) < 4.78 is 25.8. The lowest BCUT2D eigenvalue weighted by Gasteiger charge is -2.22. The van der Waals surface area contributed by atoms with Crippen LogP contribution in [0.4, 0.5) is 0 Å². The molecule has 0 bridgehead atoms. The Morgan fingerprint density at radius 3 is 2.43 bits per heavy atom. The lowest BCUT2D eigenvalue weighted by Crippen LogP contribution is -2.38. The molecular formula is C9H19NO3S. The largest absolute Gasteiger partial charge is 0.392 e. The van der Waals surface area contributed by atoms with Crippen LogP contribution in [0.2, 0.25) is 0 Å². The second kappa shape index (κ2) is 5.09. The maximum atomic E-state index is 11.7. The zero-order chi connectivity index (χ0) is 10.6. The van der Waals surface area contributed by atoms with E-state index in [1.807, 2.05) is 0 Å². The maximum Gasteiger partial charge on any atom is 0.214 e. The van der Waals surface area contributed by atoms with Crippen LogP contribution in [0, 0.1) is 0 Å².